The minimum absolute atomic E-state index is 0.169. The van der Waals surface area contributed by atoms with Crippen LogP contribution in [0.4, 0.5) is 0 Å². The topological polar surface area (TPSA) is 83.7 Å². The van der Waals surface area contributed by atoms with Gasteiger partial charge in [-0.2, -0.15) is 0 Å². The summed E-state index contributed by atoms with van der Waals surface area (Å²) in [6.45, 7) is 5.74. The zero-order valence-electron chi connectivity index (χ0n) is 14.4. The molecule has 1 heterocycles. The molecule has 2 aromatic rings. The van der Waals surface area contributed by atoms with Crippen molar-refractivity contribution in [2.75, 3.05) is 25.1 Å². The van der Waals surface area contributed by atoms with Gasteiger partial charge in [0.05, 0.1) is 5.75 Å². The van der Waals surface area contributed by atoms with E-state index in [-0.39, 0.29) is 5.75 Å². The van der Waals surface area contributed by atoms with Gasteiger partial charge in [-0.05, 0) is 26.3 Å². The summed E-state index contributed by atoms with van der Waals surface area (Å²) in [4.78, 5) is 4.53. The first-order chi connectivity index (χ1) is 11.4. The van der Waals surface area contributed by atoms with Crippen molar-refractivity contribution in [2.24, 2.45) is 4.99 Å². The summed E-state index contributed by atoms with van der Waals surface area (Å²) in [7, 11) is -2.93. The summed E-state index contributed by atoms with van der Waals surface area (Å²) < 4.78 is 28.2. The van der Waals surface area contributed by atoms with E-state index in [1.807, 2.05) is 38.1 Å². The number of nitrogens with one attached hydrogen (secondary N) is 2. The largest absolute Gasteiger partial charge is 0.459 e. The number of hydrogen-bond donors (Lipinski definition) is 2. The van der Waals surface area contributed by atoms with Crippen molar-refractivity contribution in [3.05, 3.63) is 35.6 Å². The molecule has 132 valence electrons. The van der Waals surface area contributed by atoms with Crippen LogP contribution in [0, 0.1) is 6.92 Å². The quantitative estimate of drug-likeness (QED) is 0.454. The molecule has 2 N–H and O–H groups in total. The van der Waals surface area contributed by atoms with Gasteiger partial charge in [0.1, 0.15) is 27.7 Å². The van der Waals surface area contributed by atoms with Gasteiger partial charge in [-0.15, -0.1) is 0 Å². The van der Waals surface area contributed by atoms with Crippen molar-refractivity contribution in [1.29, 1.82) is 0 Å². The van der Waals surface area contributed by atoms with E-state index in [0.29, 0.717) is 25.5 Å². The van der Waals surface area contributed by atoms with Gasteiger partial charge in [0, 0.05) is 30.3 Å². The van der Waals surface area contributed by atoms with Crippen LogP contribution in [-0.4, -0.2) is 39.5 Å². The smallest absolute Gasteiger partial charge is 0.191 e. The number of para-hydroxylation sites is 1. The summed E-state index contributed by atoms with van der Waals surface area (Å²) >= 11 is 0. The van der Waals surface area contributed by atoms with Gasteiger partial charge in [-0.1, -0.05) is 18.2 Å². The maximum atomic E-state index is 11.1. The van der Waals surface area contributed by atoms with E-state index in [0.717, 1.165) is 28.8 Å². The molecule has 0 spiro atoms. The fourth-order valence-electron chi connectivity index (χ4n) is 2.41. The Hall–Kier alpha value is -2.02. The van der Waals surface area contributed by atoms with Crippen LogP contribution in [0.25, 0.3) is 11.0 Å². The number of guanidine groups is 1. The van der Waals surface area contributed by atoms with E-state index >= 15 is 0 Å². The SMILES string of the molecule is CCNC(=NCc1oc2ccccc2c1C)NCCCS(C)(=O)=O. The number of aliphatic imine (C=N–C) groups is 1. The second-order valence-corrected chi connectivity index (χ2v) is 8.01. The lowest BCUT2D eigenvalue weighted by molar-refractivity contribution is 0.548. The second-order valence-electron chi connectivity index (χ2n) is 5.75. The number of hydrogen-bond acceptors (Lipinski definition) is 4. The Morgan fingerprint density at radius 3 is 2.67 bits per heavy atom. The van der Waals surface area contributed by atoms with Gasteiger partial charge >= 0.3 is 0 Å². The minimum Gasteiger partial charge on any atom is -0.459 e. The number of rotatable bonds is 7. The van der Waals surface area contributed by atoms with E-state index in [1.54, 1.807) is 0 Å². The molecular formula is C17H25N3O3S. The number of furan rings is 1. The predicted molar refractivity (Wildman–Crippen MR) is 98.1 cm³/mol. The average molecular weight is 351 g/mol. The minimum atomic E-state index is -2.93. The van der Waals surface area contributed by atoms with E-state index < -0.39 is 9.84 Å². The highest BCUT2D eigenvalue weighted by molar-refractivity contribution is 7.90. The molecule has 0 bridgehead atoms. The summed E-state index contributed by atoms with van der Waals surface area (Å²) in [5.74, 6) is 1.66. The Morgan fingerprint density at radius 2 is 2.00 bits per heavy atom. The van der Waals surface area contributed by atoms with Crippen molar-refractivity contribution in [1.82, 2.24) is 10.6 Å². The first kappa shape index (κ1) is 18.3. The number of fused-ring (bicyclic) bond motifs is 1. The zero-order chi connectivity index (χ0) is 17.6. The Kier molecular flexibility index (Phi) is 6.25. The van der Waals surface area contributed by atoms with Crippen LogP contribution in [0.2, 0.25) is 0 Å². The highest BCUT2D eigenvalue weighted by atomic mass is 32.2. The standard InChI is InChI=1S/C17H25N3O3S/c1-4-18-17(19-10-7-11-24(3,21)22)20-12-16-13(2)14-8-5-6-9-15(14)23-16/h5-6,8-9H,4,7,10-12H2,1-3H3,(H2,18,19,20). The molecule has 1 aromatic heterocycles. The molecule has 0 aliphatic heterocycles. The van der Waals surface area contributed by atoms with Crippen LogP contribution in [0.15, 0.2) is 33.7 Å². The van der Waals surface area contributed by atoms with E-state index in [9.17, 15) is 8.42 Å². The highest BCUT2D eigenvalue weighted by Gasteiger charge is 2.09. The van der Waals surface area contributed by atoms with Gasteiger partial charge in [0.25, 0.3) is 0 Å². The highest BCUT2D eigenvalue weighted by Crippen LogP contribution is 2.25. The first-order valence-electron chi connectivity index (χ1n) is 8.07. The number of aryl methyl sites for hydroxylation is 1. The van der Waals surface area contributed by atoms with Gasteiger partial charge in [-0.25, -0.2) is 13.4 Å². The van der Waals surface area contributed by atoms with Crippen molar-refractivity contribution in [3.63, 3.8) is 0 Å². The molecule has 0 saturated heterocycles. The van der Waals surface area contributed by atoms with Gasteiger partial charge < -0.3 is 15.1 Å². The van der Waals surface area contributed by atoms with Crippen molar-refractivity contribution >= 4 is 26.8 Å². The molecular weight excluding hydrogens is 326 g/mol. The molecule has 0 fully saturated rings. The molecule has 0 radical (unpaired) electrons. The molecule has 0 amide bonds. The van der Waals surface area contributed by atoms with Crippen LogP contribution in [0.5, 0.6) is 0 Å². The second kappa shape index (κ2) is 8.19. The lowest BCUT2D eigenvalue weighted by atomic mass is 10.1. The molecule has 2 rings (SSSR count). The third-order valence-corrected chi connectivity index (χ3v) is 4.68. The first-order valence-corrected chi connectivity index (χ1v) is 10.1. The van der Waals surface area contributed by atoms with Crippen molar-refractivity contribution < 1.29 is 12.8 Å². The van der Waals surface area contributed by atoms with Gasteiger partial charge in [0.2, 0.25) is 0 Å². The monoisotopic (exact) mass is 351 g/mol. The van der Waals surface area contributed by atoms with E-state index in [1.165, 1.54) is 6.26 Å². The lowest BCUT2D eigenvalue weighted by Gasteiger charge is -2.10. The Labute approximate surface area is 143 Å². The van der Waals surface area contributed by atoms with Crippen molar-refractivity contribution in [2.45, 2.75) is 26.8 Å². The fraction of sp³-hybridized carbons (Fsp3) is 0.471. The lowest BCUT2D eigenvalue weighted by Crippen LogP contribution is -2.38. The fourth-order valence-corrected chi connectivity index (χ4v) is 3.08. The summed E-state index contributed by atoms with van der Waals surface area (Å²) in [5, 5.41) is 7.41. The van der Waals surface area contributed by atoms with Crippen LogP contribution in [0.1, 0.15) is 24.7 Å². The maximum absolute atomic E-state index is 11.1. The number of benzene rings is 1. The summed E-state index contributed by atoms with van der Waals surface area (Å²) in [6, 6.07) is 7.93. The third-order valence-electron chi connectivity index (χ3n) is 3.65. The van der Waals surface area contributed by atoms with Gasteiger partial charge in [-0.3, -0.25) is 0 Å². The number of sulfone groups is 1. The molecule has 24 heavy (non-hydrogen) atoms. The molecule has 0 atom stereocenters. The molecule has 1 aromatic carbocycles. The Balaban J connectivity index is 2.00. The Morgan fingerprint density at radius 1 is 1.25 bits per heavy atom. The summed E-state index contributed by atoms with van der Waals surface area (Å²) in [6.07, 6.45) is 1.80. The molecule has 7 heteroatoms. The Bertz CT molecular complexity index is 810. The molecule has 0 aliphatic carbocycles. The van der Waals surface area contributed by atoms with Crippen LogP contribution in [0.3, 0.4) is 0 Å². The maximum Gasteiger partial charge on any atom is 0.191 e. The van der Waals surface area contributed by atoms with Crippen molar-refractivity contribution in [3.8, 4) is 0 Å². The predicted octanol–water partition coefficient (Wildman–Crippen LogP) is 2.23. The van der Waals surface area contributed by atoms with Crippen LogP contribution in [-0.2, 0) is 16.4 Å². The molecule has 0 unspecified atom stereocenters. The zero-order valence-corrected chi connectivity index (χ0v) is 15.2. The molecule has 0 saturated carbocycles. The molecule has 6 nitrogen and oxygen atoms in total. The van der Waals surface area contributed by atoms with Crippen LogP contribution >= 0.6 is 0 Å². The normalized spacial score (nSPS) is 12.5. The van der Waals surface area contributed by atoms with Crippen LogP contribution < -0.4 is 10.6 Å². The molecule has 0 aliphatic rings. The average Bonchev–Trinajstić information content (AvgIpc) is 2.85. The number of nitrogens with zero attached hydrogens (tertiary/aromatic N) is 1. The summed E-state index contributed by atoms with van der Waals surface area (Å²) in [5.41, 5.74) is 1.97. The van der Waals surface area contributed by atoms with E-state index in [4.69, 9.17) is 4.42 Å². The van der Waals surface area contributed by atoms with E-state index in [2.05, 4.69) is 15.6 Å². The van der Waals surface area contributed by atoms with Gasteiger partial charge in [0.15, 0.2) is 5.96 Å². The third kappa shape index (κ3) is 5.26.